The molecule has 0 bridgehead atoms. The molecule has 0 aromatic heterocycles. The Morgan fingerprint density at radius 2 is 1.75 bits per heavy atom. The average molecular weight is 449 g/mol. The van der Waals surface area contributed by atoms with E-state index >= 15 is 0 Å². The third-order valence-corrected chi connectivity index (χ3v) is 5.34. The largest absolute Gasteiger partial charge is 0.355 e. The first-order valence-corrected chi connectivity index (χ1v) is 9.76. The van der Waals surface area contributed by atoms with Crippen LogP contribution in [0.3, 0.4) is 0 Å². The highest BCUT2D eigenvalue weighted by molar-refractivity contribution is 14.0. The summed E-state index contributed by atoms with van der Waals surface area (Å²) in [5, 5.41) is 6.96. The molecule has 0 aromatic rings. The molecule has 1 saturated heterocycles. The number of hydrogen-bond donors (Lipinski definition) is 2. The van der Waals surface area contributed by atoms with Gasteiger partial charge in [-0.1, -0.05) is 6.42 Å². The van der Waals surface area contributed by atoms with Gasteiger partial charge < -0.3 is 15.5 Å². The molecule has 2 saturated carbocycles. The fraction of sp³-hybridized carbons (Fsp3) is 0.944. The molecule has 1 heterocycles. The van der Waals surface area contributed by atoms with E-state index in [1.54, 1.807) is 0 Å². The van der Waals surface area contributed by atoms with Gasteiger partial charge >= 0.3 is 0 Å². The Balaban J connectivity index is 0.00000208. The fourth-order valence-electron chi connectivity index (χ4n) is 3.55. The van der Waals surface area contributed by atoms with Gasteiger partial charge in [0.05, 0.1) is 0 Å². The van der Waals surface area contributed by atoms with E-state index in [0.717, 1.165) is 44.1 Å². The van der Waals surface area contributed by atoms with Gasteiger partial charge in [-0.2, -0.15) is 0 Å². The molecule has 1 aliphatic heterocycles. The minimum atomic E-state index is 0. The summed E-state index contributed by atoms with van der Waals surface area (Å²) in [6.45, 7) is 8.16. The lowest BCUT2D eigenvalue weighted by Crippen LogP contribution is -2.45. The van der Waals surface area contributed by atoms with Gasteiger partial charge in [0.2, 0.25) is 0 Å². The molecule has 2 N–H and O–H groups in total. The van der Waals surface area contributed by atoms with Crippen molar-refractivity contribution in [1.82, 2.24) is 20.4 Å². The molecule has 0 atom stereocenters. The zero-order valence-corrected chi connectivity index (χ0v) is 17.6. The Labute approximate surface area is 165 Å². The van der Waals surface area contributed by atoms with E-state index < -0.39 is 0 Å². The Hall–Kier alpha value is -0.0800. The molecule has 0 amide bonds. The highest BCUT2D eigenvalue weighted by Crippen LogP contribution is 2.34. The molecular formula is C18H36IN5. The standard InChI is InChI=1S/C18H35N5.HI/c1-19-18(20-9-13-22-11-3-2-4-12-22)21-10-14-23(17-7-8-17)15-16-5-6-16;/h16-17H,2-15H2,1H3,(H2,19,20,21);1H. The number of rotatable bonds is 9. The van der Waals surface area contributed by atoms with Crippen LogP contribution in [0.2, 0.25) is 0 Å². The van der Waals surface area contributed by atoms with Crippen molar-refractivity contribution in [2.75, 3.05) is 52.9 Å². The Bertz CT molecular complexity index is 376. The van der Waals surface area contributed by atoms with Crippen molar-refractivity contribution >= 4 is 29.9 Å². The highest BCUT2D eigenvalue weighted by Gasteiger charge is 2.33. The van der Waals surface area contributed by atoms with Crippen molar-refractivity contribution in [3.05, 3.63) is 0 Å². The van der Waals surface area contributed by atoms with Crippen molar-refractivity contribution in [3.63, 3.8) is 0 Å². The minimum Gasteiger partial charge on any atom is -0.355 e. The van der Waals surface area contributed by atoms with Crippen LogP contribution in [-0.4, -0.2) is 74.7 Å². The van der Waals surface area contributed by atoms with Gasteiger partial charge in [-0.05, 0) is 57.5 Å². The van der Waals surface area contributed by atoms with Crippen LogP contribution in [0.15, 0.2) is 4.99 Å². The molecule has 24 heavy (non-hydrogen) atoms. The van der Waals surface area contributed by atoms with Gasteiger partial charge in [0.15, 0.2) is 5.96 Å². The van der Waals surface area contributed by atoms with Crippen molar-refractivity contribution in [2.24, 2.45) is 10.9 Å². The molecule has 0 spiro atoms. The quantitative estimate of drug-likeness (QED) is 0.322. The molecule has 3 fully saturated rings. The maximum Gasteiger partial charge on any atom is 0.191 e. The summed E-state index contributed by atoms with van der Waals surface area (Å²) in [7, 11) is 1.87. The lowest BCUT2D eigenvalue weighted by molar-refractivity contribution is 0.232. The first kappa shape index (κ1) is 20.2. The highest BCUT2D eigenvalue weighted by atomic mass is 127. The third kappa shape index (κ3) is 7.44. The van der Waals surface area contributed by atoms with Gasteiger partial charge in [0.25, 0.3) is 0 Å². The summed E-state index contributed by atoms with van der Waals surface area (Å²) >= 11 is 0. The van der Waals surface area contributed by atoms with Gasteiger partial charge in [-0.15, -0.1) is 24.0 Å². The molecule has 0 aromatic carbocycles. The van der Waals surface area contributed by atoms with Crippen molar-refractivity contribution in [3.8, 4) is 0 Å². The molecule has 5 nitrogen and oxygen atoms in total. The maximum atomic E-state index is 4.36. The van der Waals surface area contributed by atoms with Crippen LogP contribution >= 0.6 is 24.0 Å². The van der Waals surface area contributed by atoms with Crippen molar-refractivity contribution in [2.45, 2.75) is 51.0 Å². The van der Waals surface area contributed by atoms with E-state index in [0.29, 0.717) is 0 Å². The molecule has 0 unspecified atom stereocenters. The zero-order valence-electron chi connectivity index (χ0n) is 15.3. The summed E-state index contributed by atoms with van der Waals surface area (Å²) in [5.41, 5.74) is 0. The number of aliphatic imine (C=N–C) groups is 1. The number of likely N-dealkylation sites (tertiary alicyclic amines) is 1. The van der Waals surface area contributed by atoms with Gasteiger partial charge in [-0.3, -0.25) is 9.89 Å². The van der Waals surface area contributed by atoms with Gasteiger partial charge in [0, 0.05) is 45.8 Å². The molecule has 6 heteroatoms. The molecule has 2 aliphatic carbocycles. The number of nitrogens with zero attached hydrogens (tertiary/aromatic N) is 3. The predicted molar refractivity (Wildman–Crippen MR) is 112 cm³/mol. The molecule has 140 valence electrons. The third-order valence-electron chi connectivity index (χ3n) is 5.34. The van der Waals surface area contributed by atoms with E-state index in [9.17, 15) is 0 Å². The van der Waals surface area contributed by atoms with Crippen LogP contribution in [0, 0.1) is 5.92 Å². The molecule has 3 aliphatic rings. The number of piperidine rings is 1. The predicted octanol–water partition coefficient (Wildman–Crippen LogP) is 2.13. The lowest BCUT2D eigenvalue weighted by Gasteiger charge is -2.27. The lowest BCUT2D eigenvalue weighted by atomic mass is 10.1. The van der Waals surface area contributed by atoms with Crippen molar-refractivity contribution < 1.29 is 0 Å². The van der Waals surface area contributed by atoms with E-state index in [2.05, 4.69) is 25.4 Å². The minimum absolute atomic E-state index is 0. The monoisotopic (exact) mass is 449 g/mol. The molecule has 0 radical (unpaired) electrons. The SMILES string of the molecule is CN=C(NCCN1CCCCC1)NCCN(CC1CC1)C1CC1.I. The van der Waals surface area contributed by atoms with Crippen LogP contribution in [0.25, 0.3) is 0 Å². The van der Waals surface area contributed by atoms with Crippen LogP contribution in [0.5, 0.6) is 0 Å². The molecule has 3 rings (SSSR count). The van der Waals surface area contributed by atoms with E-state index in [1.807, 2.05) is 7.05 Å². The van der Waals surface area contributed by atoms with Gasteiger partial charge in [0.1, 0.15) is 0 Å². The van der Waals surface area contributed by atoms with Crippen LogP contribution in [0.4, 0.5) is 0 Å². The van der Waals surface area contributed by atoms with E-state index in [-0.39, 0.29) is 24.0 Å². The summed E-state index contributed by atoms with van der Waals surface area (Å²) in [6.07, 6.45) is 9.87. The van der Waals surface area contributed by atoms with E-state index in [1.165, 1.54) is 64.6 Å². The maximum absolute atomic E-state index is 4.36. The van der Waals surface area contributed by atoms with Crippen LogP contribution < -0.4 is 10.6 Å². The Morgan fingerprint density at radius 3 is 2.38 bits per heavy atom. The summed E-state index contributed by atoms with van der Waals surface area (Å²) < 4.78 is 0. The number of guanidine groups is 1. The Kier molecular flexibility index (Phi) is 9.11. The topological polar surface area (TPSA) is 42.9 Å². The first-order valence-electron chi connectivity index (χ1n) is 9.76. The fourth-order valence-corrected chi connectivity index (χ4v) is 3.55. The second kappa shape index (κ2) is 10.8. The van der Waals surface area contributed by atoms with E-state index in [4.69, 9.17) is 0 Å². The second-order valence-electron chi connectivity index (χ2n) is 7.50. The number of hydrogen-bond acceptors (Lipinski definition) is 3. The Morgan fingerprint density at radius 1 is 1.04 bits per heavy atom. The van der Waals surface area contributed by atoms with Gasteiger partial charge in [-0.25, -0.2) is 0 Å². The smallest absolute Gasteiger partial charge is 0.191 e. The second-order valence-corrected chi connectivity index (χ2v) is 7.50. The molecular weight excluding hydrogens is 413 g/mol. The number of nitrogens with one attached hydrogen (secondary N) is 2. The number of halogens is 1. The van der Waals surface area contributed by atoms with Crippen LogP contribution in [-0.2, 0) is 0 Å². The van der Waals surface area contributed by atoms with Crippen LogP contribution in [0.1, 0.15) is 44.9 Å². The normalized spacial score (nSPS) is 22.3. The van der Waals surface area contributed by atoms with Crippen molar-refractivity contribution in [1.29, 1.82) is 0 Å². The average Bonchev–Trinajstić information content (AvgIpc) is 3.47. The zero-order chi connectivity index (χ0) is 15.9. The summed E-state index contributed by atoms with van der Waals surface area (Å²) in [5.74, 6) is 1.96. The summed E-state index contributed by atoms with van der Waals surface area (Å²) in [6, 6.07) is 0.881. The summed E-state index contributed by atoms with van der Waals surface area (Å²) in [4.78, 5) is 9.62. The first-order chi connectivity index (χ1) is 11.3.